The van der Waals surface area contributed by atoms with Gasteiger partial charge in [0.25, 0.3) is 0 Å². The van der Waals surface area contributed by atoms with Gasteiger partial charge >= 0.3 is 0 Å². The molecule has 1 atom stereocenters. The van der Waals surface area contributed by atoms with E-state index in [2.05, 4.69) is 54.8 Å². The van der Waals surface area contributed by atoms with E-state index in [0.29, 0.717) is 12.5 Å². The lowest BCUT2D eigenvalue weighted by Crippen LogP contribution is -2.38. The van der Waals surface area contributed by atoms with E-state index in [1.54, 1.807) is 7.11 Å². The average molecular weight is 467 g/mol. The van der Waals surface area contributed by atoms with Gasteiger partial charge < -0.3 is 15.4 Å². The highest BCUT2D eigenvalue weighted by atomic mass is 127. The summed E-state index contributed by atoms with van der Waals surface area (Å²) in [6.07, 6.45) is 0.979. The Bertz CT molecular complexity index is 661. The largest absolute Gasteiger partial charge is 0.496 e. The third-order valence-electron chi connectivity index (χ3n) is 4.09. The van der Waals surface area contributed by atoms with Crippen LogP contribution in [-0.4, -0.2) is 32.7 Å². The van der Waals surface area contributed by atoms with E-state index in [1.165, 1.54) is 11.1 Å². The number of hydrogen-bond donors (Lipinski definition) is 2. The summed E-state index contributed by atoms with van der Waals surface area (Å²) in [5.41, 5.74) is 2.52. The van der Waals surface area contributed by atoms with Crippen LogP contribution in [0.15, 0.2) is 59.6 Å². The number of hydrogen-bond acceptors (Lipinski definition) is 2. The van der Waals surface area contributed by atoms with Crippen LogP contribution < -0.4 is 15.4 Å². The summed E-state index contributed by atoms with van der Waals surface area (Å²) >= 11 is 0. The molecule has 142 valence electrons. The predicted octanol–water partition coefficient (Wildman–Crippen LogP) is 4.21. The highest BCUT2D eigenvalue weighted by molar-refractivity contribution is 14.0. The van der Waals surface area contributed by atoms with Gasteiger partial charge in [0.1, 0.15) is 5.75 Å². The molecule has 2 rings (SSSR count). The molecule has 0 aromatic heterocycles. The lowest BCUT2D eigenvalue weighted by atomic mass is 10.0. The Hall–Kier alpha value is -1.76. The Morgan fingerprint density at radius 2 is 1.73 bits per heavy atom. The van der Waals surface area contributed by atoms with Gasteiger partial charge in [0.15, 0.2) is 5.96 Å². The van der Waals surface area contributed by atoms with Gasteiger partial charge in [-0.2, -0.15) is 0 Å². The molecule has 0 bridgehead atoms. The Labute approximate surface area is 174 Å². The smallest absolute Gasteiger partial charge is 0.191 e. The molecule has 0 aliphatic rings. The molecule has 1 unspecified atom stereocenters. The van der Waals surface area contributed by atoms with Gasteiger partial charge in [0, 0.05) is 25.6 Å². The molecule has 0 radical (unpaired) electrons. The van der Waals surface area contributed by atoms with Gasteiger partial charge in [0.2, 0.25) is 0 Å². The fraction of sp³-hybridized carbons (Fsp3) is 0.381. The zero-order valence-corrected chi connectivity index (χ0v) is 18.2. The number of nitrogens with one attached hydrogen (secondary N) is 2. The molecule has 0 aliphatic heterocycles. The molecule has 0 heterocycles. The Morgan fingerprint density at radius 3 is 2.42 bits per heavy atom. The van der Waals surface area contributed by atoms with Gasteiger partial charge in [-0.05, 0) is 30.5 Å². The van der Waals surface area contributed by atoms with Crippen LogP contribution in [0.1, 0.15) is 30.9 Å². The third kappa shape index (κ3) is 7.23. The molecule has 2 aromatic carbocycles. The van der Waals surface area contributed by atoms with E-state index in [-0.39, 0.29) is 24.0 Å². The molecule has 0 amide bonds. The van der Waals surface area contributed by atoms with E-state index < -0.39 is 0 Å². The Kier molecular flexibility index (Phi) is 10.8. The fourth-order valence-electron chi connectivity index (χ4n) is 2.71. The number of aliphatic imine (C=N–C) groups is 1. The van der Waals surface area contributed by atoms with Crippen LogP contribution in [0.4, 0.5) is 0 Å². The summed E-state index contributed by atoms with van der Waals surface area (Å²) in [6, 6.07) is 18.6. The van der Waals surface area contributed by atoms with Crippen molar-refractivity contribution in [2.75, 3.05) is 26.7 Å². The first-order valence-corrected chi connectivity index (χ1v) is 8.93. The van der Waals surface area contributed by atoms with E-state index in [1.807, 2.05) is 24.3 Å². The van der Waals surface area contributed by atoms with E-state index in [9.17, 15) is 0 Å². The van der Waals surface area contributed by atoms with E-state index in [0.717, 1.165) is 31.2 Å². The lowest BCUT2D eigenvalue weighted by Gasteiger charge is -2.16. The number of halogens is 1. The molecule has 5 heteroatoms. The second-order valence-electron chi connectivity index (χ2n) is 6.02. The number of para-hydroxylation sites is 1. The number of methoxy groups -OCH3 is 1. The molecule has 2 N–H and O–H groups in total. The fourth-order valence-corrected chi connectivity index (χ4v) is 2.71. The topological polar surface area (TPSA) is 45.7 Å². The zero-order valence-electron chi connectivity index (χ0n) is 15.9. The van der Waals surface area contributed by atoms with Crippen molar-refractivity contribution in [1.29, 1.82) is 0 Å². The molecule has 26 heavy (non-hydrogen) atoms. The minimum atomic E-state index is 0. The SMILES string of the molecule is CCNC(=NCC(C)c1ccccc1OC)NCCc1ccccc1.I. The van der Waals surface area contributed by atoms with Gasteiger partial charge in [-0.1, -0.05) is 55.5 Å². The molecular weight excluding hydrogens is 437 g/mol. The maximum atomic E-state index is 5.45. The second kappa shape index (κ2) is 12.6. The quantitative estimate of drug-likeness (QED) is 0.347. The number of nitrogens with zero attached hydrogens (tertiary/aromatic N) is 1. The van der Waals surface area contributed by atoms with E-state index in [4.69, 9.17) is 9.73 Å². The van der Waals surface area contributed by atoms with Crippen LogP contribution >= 0.6 is 24.0 Å². The van der Waals surface area contributed by atoms with Gasteiger partial charge in [-0.25, -0.2) is 0 Å². The van der Waals surface area contributed by atoms with Crippen molar-refractivity contribution < 1.29 is 4.74 Å². The van der Waals surface area contributed by atoms with Crippen LogP contribution in [0, 0.1) is 0 Å². The molecular formula is C21H30IN3O. The monoisotopic (exact) mass is 467 g/mol. The molecule has 2 aromatic rings. The normalized spacial score (nSPS) is 12.0. The predicted molar refractivity (Wildman–Crippen MR) is 121 cm³/mol. The maximum Gasteiger partial charge on any atom is 0.191 e. The third-order valence-corrected chi connectivity index (χ3v) is 4.09. The van der Waals surface area contributed by atoms with Crippen molar-refractivity contribution in [1.82, 2.24) is 10.6 Å². The average Bonchev–Trinajstić information content (AvgIpc) is 2.66. The van der Waals surface area contributed by atoms with Crippen LogP contribution in [0.3, 0.4) is 0 Å². The van der Waals surface area contributed by atoms with Crippen molar-refractivity contribution in [3.63, 3.8) is 0 Å². The minimum absolute atomic E-state index is 0. The van der Waals surface area contributed by atoms with Crippen molar-refractivity contribution in [2.24, 2.45) is 4.99 Å². The highest BCUT2D eigenvalue weighted by Crippen LogP contribution is 2.26. The number of rotatable bonds is 8. The first-order chi connectivity index (χ1) is 12.2. The van der Waals surface area contributed by atoms with E-state index >= 15 is 0 Å². The van der Waals surface area contributed by atoms with Gasteiger partial charge in [0.05, 0.1) is 7.11 Å². The molecule has 4 nitrogen and oxygen atoms in total. The van der Waals surface area contributed by atoms with Crippen molar-refractivity contribution >= 4 is 29.9 Å². The van der Waals surface area contributed by atoms with Crippen LogP contribution in [0.5, 0.6) is 5.75 Å². The number of benzene rings is 2. The van der Waals surface area contributed by atoms with Crippen LogP contribution in [0.25, 0.3) is 0 Å². The Morgan fingerprint density at radius 1 is 1.04 bits per heavy atom. The maximum absolute atomic E-state index is 5.45. The van der Waals surface area contributed by atoms with Gasteiger partial charge in [-0.3, -0.25) is 4.99 Å². The summed E-state index contributed by atoms with van der Waals surface area (Å²) in [5, 5.41) is 6.72. The summed E-state index contributed by atoms with van der Waals surface area (Å²) in [4.78, 5) is 4.74. The highest BCUT2D eigenvalue weighted by Gasteiger charge is 2.10. The molecule has 0 saturated carbocycles. The number of guanidine groups is 1. The van der Waals surface area contributed by atoms with Crippen LogP contribution in [-0.2, 0) is 6.42 Å². The summed E-state index contributed by atoms with van der Waals surface area (Å²) in [6.45, 7) is 6.67. The van der Waals surface area contributed by atoms with Crippen LogP contribution in [0.2, 0.25) is 0 Å². The Balaban J connectivity index is 0.00000338. The summed E-state index contributed by atoms with van der Waals surface area (Å²) in [7, 11) is 1.71. The lowest BCUT2D eigenvalue weighted by molar-refractivity contribution is 0.407. The van der Waals surface area contributed by atoms with Crippen molar-refractivity contribution in [2.45, 2.75) is 26.2 Å². The first-order valence-electron chi connectivity index (χ1n) is 8.93. The molecule has 0 aliphatic carbocycles. The molecule has 0 fully saturated rings. The molecule has 0 spiro atoms. The standard InChI is InChI=1S/C21H29N3O.HI/c1-4-22-21(23-15-14-18-10-6-5-7-11-18)24-16-17(2)19-12-8-9-13-20(19)25-3;/h5-13,17H,4,14-16H2,1-3H3,(H2,22,23,24);1H. The second-order valence-corrected chi connectivity index (χ2v) is 6.02. The van der Waals surface area contributed by atoms with Crippen molar-refractivity contribution in [3.05, 3.63) is 65.7 Å². The van der Waals surface area contributed by atoms with Crippen molar-refractivity contribution in [3.8, 4) is 5.75 Å². The number of ether oxygens (including phenoxy) is 1. The zero-order chi connectivity index (χ0) is 17.9. The minimum Gasteiger partial charge on any atom is -0.496 e. The first kappa shape index (κ1) is 22.3. The molecule has 0 saturated heterocycles. The summed E-state index contributed by atoms with van der Waals surface area (Å²) < 4.78 is 5.45. The summed E-state index contributed by atoms with van der Waals surface area (Å²) in [5.74, 6) is 2.08. The van der Waals surface area contributed by atoms with Gasteiger partial charge in [-0.15, -0.1) is 24.0 Å².